The summed E-state index contributed by atoms with van der Waals surface area (Å²) in [6.07, 6.45) is 1.85. The van der Waals surface area contributed by atoms with Crippen LogP contribution in [0.25, 0.3) is 11.1 Å². The number of hydrogen-bond acceptors (Lipinski definition) is 5. The van der Waals surface area contributed by atoms with Crippen molar-refractivity contribution < 1.29 is 23.8 Å². The fourth-order valence-corrected chi connectivity index (χ4v) is 3.88. The maximum absolute atomic E-state index is 14.4. The fourth-order valence-electron chi connectivity index (χ4n) is 3.88. The molecule has 2 N–H and O–H groups in total. The molecule has 0 saturated heterocycles. The van der Waals surface area contributed by atoms with Crippen LogP contribution >= 0.6 is 0 Å². The summed E-state index contributed by atoms with van der Waals surface area (Å²) in [7, 11) is 1.69. The van der Waals surface area contributed by atoms with Gasteiger partial charge in [-0.3, -0.25) is 4.79 Å². The van der Waals surface area contributed by atoms with E-state index in [4.69, 9.17) is 4.74 Å². The molecule has 9 heteroatoms. The zero-order valence-corrected chi connectivity index (χ0v) is 20.1. The summed E-state index contributed by atoms with van der Waals surface area (Å²) < 4.78 is 20.6. The van der Waals surface area contributed by atoms with Gasteiger partial charge in [0.1, 0.15) is 17.5 Å². The summed E-state index contributed by atoms with van der Waals surface area (Å²) in [5, 5.41) is 12.6. The second-order valence-electron chi connectivity index (χ2n) is 8.79. The summed E-state index contributed by atoms with van der Waals surface area (Å²) in [5.41, 5.74) is 0.967. The lowest BCUT2D eigenvalue weighted by Gasteiger charge is -2.37. The van der Waals surface area contributed by atoms with Gasteiger partial charge >= 0.3 is 6.03 Å². The van der Waals surface area contributed by atoms with Crippen molar-refractivity contribution in [1.29, 1.82) is 0 Å². The highest BCUT2D eigenvalue weighted by molar-refractivity contribution is 5.98. The first-order valence-corrected chi connectivity index (χ1v) is 11.6. The lowest BCUT2D eigenvalue weighted by atomic mass is 9.99. The number of urea groups is 1. The van der Waals surface area contributed by atoms with E-state index in [1.807, 2.05) is 13.8 Å². The van der Waals surface area contributed by atoms with E-state index in [1.54, 1.807) is 48.0 Å². The Kier molecular flexibility index (Phi) is 8.44. The van der Waals surface area contributed by atoms with Crippen LogP contribution in [-0.4, -0.2) is 77.3 Å². The van der Waals surface area contributed by atoms with Crippen molar-refractivity contribution >= 4 is 11.9 Å². The predicted octanol–water partition coefficient (Wildman–Crippen LogP) is 3.16. The summed E-state index contributed by atoms with van der Waals surface area (Å²) in [5.74, 6) is -0.795. The Bertz CT molecular complexity index is 1020. The molecule has 34 heavy (non-hydrogen) atoms. The minimum atomic E-state index is -0.454. The molecule has 0 radical (unpaired) electrons. The average Bonchev–Trinajstić information content (AvgIpc) is 2.84. The highest BCUT2D eigenvalue weighted by Gasteiger charge is 2.34. The molecule has 2 aromatic rings. The lowest BCUT2D eigenvalue weighted by Crippen LogP contribution is -2.51. The number of nitrogens with one attached hydrogen (secondary N) is 1. The van der Waals surface area contributed by atoms with E-state index >= 15 is 0 Å². The van der Waals surface area contributed by atoms with Crippen LogP contribution < -0.4 is 10.1 Å². The number of amides is 3. The fraction of sp³-hybridized carbons (Fsp3) is 0.480. The topological polar surface area (TPSA) is 95.0 Å². The molecule has 0 fully saturated rings. The first-order chi connectivity index (χ1) is 16.3. The Morgan fingerprint density at radius 2 is 2.12 bits per heavy atom. The number of pyridine rings is 1. The highest BCUT2D eigenvalue weighted by atomic mass is 19.1. The number of rotatable bonds is 7. The number of ether oxygens (including phenoxy) is 1. The Hall–Kier alpha value is -3.20. The van der Waals surface area contributed by atoms with E-state index < -0.39 is 18.0 Å². The molecule has 2 heterocycles. The van der Waals surface area contributed by atoms with Crippen LogP contribution in [0.2, 0.25) is 0 Å². The van der Waals surface area contributed by atoms with Gasteiger partial charge in [-0.2, -0.15) is 0 Å². The molecule has 0 saturated carbocycles. The number of likely N-dealkylation sites (N-methyl/N-ethyl adjacent to an activating group) is 1. The minimum absolute atomic E-state index is 0.124. The predicted molar refractivity (Wildman–Crippen MR) is 127 cm³/mol. The Labute approximate surface area is 199 Å². The van der Waals surface area contributed by atoms with Gasteiger partial charge in [-0.15, -0.1) is 0 Å². The Morgan fingerprint density at radius 1 is 1.38 bits per heavy atom. The monoisotopic (exact) mass is 472 g/mol. The van der Waals surface area contributed by atoms with E-state index in [9.17, 15) is 19.1 Å². The van der Waals surface area contributed by atoms with E-state index in [0.29, 0.717) is 24.2 Å². The van der Waals surface area contributed by atoms with E-state index in [2.05, 4.69) is 10.3 Å². The summed E-state index contributed by atoms with van der Waals surface area (Å²) in [6.45, 7) is 6.64. The van der Waals surface area contributed by atoms with Crippen LogP contribution in [-0.2, 0) is 0 Å². The van der Waals surface area contributed by atoms with Crippen LogP contribution in [0.4, 0.5) is 9.18 Å². The summed E-state index contributed by atoms with van der Waals surface area (Å²) in [4.78, 5) is 33.4. The first kappa shape index (κ1) is 25.4. The van der Waals surface area contributed by atoms with Crippen molar-refractivity contribution in [2.45, 2.75) is 39.3 Å². The SMILES string of the molecule is CCCNC(=O)N(C)C[C@H]1Oc2ncc(-c3ccccc3F)cc2C(=O)N([C@@H](C)CO)C[C@@H]1C. The second-order valence-corrected chi connectivity index (χ2v) is 8.79. The van der Waals surface area contributed by atoms with Crippen molar-refractivity contribution in [3.8, 4) is 17.0 Å². The molecule has 1 aromatic carbocycles. The molecule has 0 aliphatic carbocycles. The molecule has 0 bridgehead atoms. The molecule has 8 nitrogen and oxygen atoms in total. The van der Waals surface area contributed by atoms with Crippen LogP contribution in [0.15, 0.2) is 36.5 Å². The first-order valence-electron chi connectivity index (χ1n) is 11.6. The Balaban J connectivity index is 1.99. The molecule has 0 unspecified atom stereocenters. The molecule has 1 aromatic heterocycles. The maximum atomic E-state index is 14.4. The number of aliphatic hydroxyl groups is 1. The number of halogens is 1. The van der Waals surface area contributed by atoms with Gasteiger partial charge in [0, 0.05) is 43.4 Å². The number of fused-ring (bicyclic) bond motifs is 1. The second kappa shape index (κ2) is 11.3. The van der Waals surface area contributed by atoms with E-state index in [1.165, 1.54) is 12.3 Å². The highest BCUT2D eigenvalue weighted by Crippen LogP contribution is 2.31. The quantitative estimate of drug-likeness (QED) is 0.646. The van der Waals surface area contributed by atoms with Gasteiger partial charge in [0.15, 0.2) is 0 Å². The average molecular weight is 473 g/mol. The van der Waals surface area contributed by atoms with Crippen molar-refractivity contribution in [2.24, 2.45) is 5.92 Å². The summed E-state index contributed by atoms with van der Waals surface area (Å²) in [6, 6.07) is 7.20. The zero-order valence-electron chi connectivity index (χ0n) is 20.1. The van der Waals surface area contributed by atoms with Crippen LogP contribution in [0, 0.1) is 11.7 Å². The van der Waals surface area contributed by atoms with E-state index in [-0.39, 0.29) is 42.5 Å². The number of carbonyl (C=O) groups is 2. The van der Waals surface area contributed by atoms with Gasteiger partial charge < -0.3 is 25.0 Å². The number of carbonyl (C=O) groups excluding carboxylic acids is 2. The molecular formula is C25H33FN4O4. The third kappa shape index (κ3) is 5.64. The molecule has 1 aliphatic rings. The number of aromatic nitrogens is 1. The zero-order chi connectivity index (χ0) is 24.8. The molecule has 3 amide bonds. The normalized spacial score (nSPS) is 18.9. The van der Waals surface area contributed by atoms with Crippen molar-refractivity contribution in [3.63, 3.8) is 0 Å². The summed E-state index contributed by atoms with van der Waals surface area (Å²) >= 11 is 0. The van der Waals surface area contributed by atoms with Crippen LogP contribution in [0.5, 0.6) is 5.88 Å². The number of hydrogen-bond donors (Lipinski definition) is 2. The van der Waals surface area contributed by atoms with Gasteiger partial charge in [0.2, 0.25) is 5.88 Å². The van der Waals surface area contributed by atoms with Gasteiger partial charge in [0.05, 0.1) is 19.2 Å². The van der Waals surface area contributed by atoms with Crippen molar-refractivity contribution in [3.05, 3.63) is 47.9 Å². The van der Waals surface area contributed by atoms with Gasteiger partial charge in [-0.25, -0.2) is 14.2 Å². The van der Waals surface area contributed by atoms with Crippen LogP contribution in [0.3, 0.4) is 0 Å². The molecule has 3 rings (SSSR count). The smallest absolute Gasteiger partial charge is 0.317 e. The molecular weight excluding hydrogens is 439 g/mol. The minimum Gasteiger partial charge on any atom is -0.472 e. The van der Waals surface area contributed by atoms with Crippen molar-refractivity contribution in [1.82, 2.24) is 20.1 Å². The molecule has 1 aliphatic heterocycles. The molecule has 3 atom stereocenters. The molecule has 0 spiro atoms. The third-order valence-corrected chi connectivity index (χ3v) is 6.03. The largest absolute Gasteiger partial charge is 0.472 e. The van der Waals surface area contributed by atoms with Gasteiger partial charge in [0.25, 0.3) is 5.91 Å². The maximum Gasteiger partial charge on any atom is 0.317 e. The van der Waals surface area contributed by atoms with Gasteiger partial charge in [-0.1, -0.05) is 32.0 Å². The lowest BCUT2D eigenvalue weighted by molar-refractivity contribution is 0.0352. The third-order valence-electron chi connectivity index (χ3n) is 6.03. The number of aliphatic hydroxyl groups excluding tert-OH is 1. The molecule has 184 valence electrons. The van der Waals surface area contributed by atoms with Gasteiger partial charge in [-0.05, 0) is 25.5 Å². The standard InChI is InChI=1S/C25H33FN4O4/c1-5-10-27-25(33)29(4)14-22-16(2)13-30(17(3)15-31)24(32)20-11-18(12-28-23(20)34-22)19-8-6-7-9-21(19)26/h6-9,11-12,16-17,22,31H,5,10,13-15H2,1-4H3,(H,27,33)/t16-,17-,22+/m0/s1. The Morgan fingerprint density at radius 3 is 2.79 bits per heavy atom. The van der Waals surface area contributed by atoms with E-state index in [0.717, 1.165) is 6.42 Å². The number of nitrogens with zero attached hydrogens (tertiary/aromatic N) is 3. The van der Waals surface area contributed by atoms with Crippen LogP contribution in [0.1, 0.15) is 37.6 Å². The van der Waals surface area contributed by atoms with Crippen molar-refractivity contribution in [2.75, 3.05) is 33.3 Å². The number of benzene rings is 1.